The molecule has 0 saturated carbocycles. The summed E-state index contributed by atoms with van der Waals surface area (Å²) >= 11 is 0. The summed E-state index contributed by atoms with van der Waals surface area (Å²) in [5.41, 5.74) is 6.40. The molecule has 0 saturated heterocycles. The molecule has 1 aromatic carbocycles. The Bertz CT molecular complexity index is 533. The number of carbonyl (C=O) groups is 1. The lowest BCUT2D eigenvalue weighted by atomic mass is 10.0. The Morgan fingerprint density at radius 2 is 2.05 bits per heavy atom. The molecule has 4 nitrogen and oxygen atoms in total. The third-order valence-corrected chi connectivity index (χ3v) is 3.02. The quantitative estimate of drug-likeness (QED) is 0.891. The van der Waals surface area contributed by atoms with Crippen molar-refractivity contribution in [1.82, 2.24) is 5.32 Å². The van der Waals surface area contributed by atoms with Crippen molar-refractivity contribution in [1.29, 1.82) is 0 Å². The second kappa shape index (κ2) is 7.31. The average molecular weight is 297 g/mol. The van der Waals surface area contributed by atoms with Gasteiger partial charge in [-0.1, -0.05) is 32.0 Å². The molecule has 0 fully saturated rings. The van der Waals surface area contributed by atoms with Gasteiger partial charge in [-0.15, -0.1) is 12.4 Å². The molecule has 1 aromatic heterocycles. The van der Waals surface area contributed by atoms with Crippen LogP contribution in [0.2, 0.25) is 0 Å². The molecule has 20 heavy (non-hydrogen) atoms. The van der Waals surface area contributed by atoms with E-state index in [4.69, 9.17) is 10.2 Å². The summed E-state index contributed by atoms with van der Waals surface area (Å²) < 4.78 is 5.53. The summed E-state index contributed by atoms with van der Waals surface area (Å²) in [5.74, 6) is 0.625. The summed E-state index contributed by atoms with van der Waals surface area (Å²) in [6.45, 7) is 4.65. The van der Waals surface area contributed by atoms with Gasteiger partial charge < -0.3 is 15.5 Å². The Hall–Kier alpha value is -1.52. The lowest BCUT2D eigenvalue weighted by Crippen LogP contribution is -2.40. The molecule has 110 valence electrons. The number of fused-ring (bicyclic) bond motifs is 1. The van der Waals surface area contributed by atoms with Crippen molar-refractivity contribution in [3.63, 3.8) is 0 Å². The lowest BCUT2D eigenvalue weighted by molar-refractivity contribution is 0.0908. The summed E-state index contributed by atoms with van der Waals surface area (Å²) in [6, 6.07) is 9.31. The standard InChI is InChI=1S/C15H20N2O2.ClH/c1-10(2)7-12(9-16)17-15(18)14-8-11-5-3-4-6-13(11)19-14;/h3-6,8,10,12H,7,9,16H2,1-2H3,(H,17,18);1H. The first-order chi connectivity index (χ1) is 9.10. The molecular weight excluding hydrogens is 276 g/mol. The molecule has 0 aliphatic carbocycles. The number of benzene rings is 1. The van der Waals surface area contributed by atoms with Crippen LogP contribution in [0.3, 0.4) is 0 Å². The molecule has 0 aliphatic rings. The van der Waals surface area contributed by atoms with E-state index < -0.39 is 0 Å². The number of hydrogen-bond donors (Lipinski definition) is 2. The van der Waals surface area contributed by atoms with Crippen LogP contribution in [-0.2, 0) is 0 Å². The van der Waals surface area contributed by atoms with E-state index >= 15 is 0 Å². The smallest absolute Gasteiger partial charge is 0.287 e. The third-order valence-electron chi connectivity index (χ3n) is 3.02. The maximum atomic E-state index is 12.1. The number of amides is 1. The average Bonchev–Trinajstić information content (AvgIpc) is 2.81. The topological polar surface area (TPSA) is 68.3 Å². The van der Waals surface area contributed by atoms with Crippen molar-refractivity contribution in [3.8, 4) is 0 Å². The molecule has 0 aliphatic heterocycles. The van der Waals surface area contributed by atoms with Crippen LogP contribution >= 0.6 is 12.4 Å². The molecule has 1 heterocycles. The third kappa shape index (κ3) is 3.99. The second-order valence-corrected chi connectivity index (χ2v) is 5.18. The van der Waals surface area contributed by atoms with Crippen LogP contribution in [0.15, 0.2) is 34.7 Å². The Morgan fingerprint density at radius 3 is 2.65 bits per heavy atom. The van der Waals surface area contributed by atoms with E-state index in [0.717, 1.165) is 17.4 Å². The molecule has 1 amide bonds. The molecule has 0 radical (unpaired) electrons. The van der Waals surface area contributed by atoms with Crippen molar-refractivity contribution >= 4 is 29.3 Å². The monoisotopic (exact) mass is 296 g/mol. The SMILES string of the molecule is CC(C)CC(CN)NC(=O)c1cc2ccccc2o1.Cl. The van der Waals surface area contributed by atoms with Gasteiger partial charge >= 0.3 is 0 Å². The van der Waals surface area contributed by atoms with Crippen molar-refractivity contribution in [2.24, 2.45) is 11.7 Å². The number of para-hydroxylation sites is 1. The number of carbonyl (C=O) groups excluding carboxylic acids is 1. The molecule has 2 rings (SSSR count). The Morgan fingerprint density at radius 1 is 1.35 bits per heavy atom. The van der Waals surface area contributed by atoms with Crippen molar-refractivity contribution in [2.75, 3.05) is 6.54 Å². The highest BCUT2D eigenvalue weighted by Gasteiger charge is 2.17. The van der Waals surface area contributed by atoms with Gasteiger partial charge in [0.2, 0.25) is 0 Å². The number of nitrogens with two attached hydrogens (primary N) is 1. The minimum absolute atomic E-state index is 0. The molecule has 1 unspecified atom stereocenters. The van der Waals surface area contributed by atoms with E-state index in [1.165, 1.54) is 0 Å². The van der Waals surface area contributed by atoms with Gasteiger partial charge in [-0.25, -0.2) is 0 Å². The zero-order valence-electron chi connectivity index (χ0n) is 11.8. The number of rotatable bonds is 5. The van der Waals surface area contributed by atoms with Gasteiger partial charge in [0.25, 0.3) is 5.91 Å². The first-order valence-electron chi connectivity index (χ1n) is 6.59. The Kier molecular flexibility index (Phi) is 6.05. The van der Waals surface area contributed by atoms with Crippen molar-refractivity contribution < 1.29 is 9.21 Å². The number of nitrogens with one attached hydrogen (secondary N) is 1. The number of furan rings is 1. The van der Waals surface area contributed by atoms with Gasteiger partial charge in [-0.3, -0.25) is 4.79 Å². The van der Waals surface area contributed by atoms with Gasteiger partial charge in [0.05, 0.1) is 0 Å². The second-order valence-electron chi connectivity index (χ2n) is 5.18. The first kappa shape index (κ1) is 16.5. The minimum atomic E-state index is -0.202. The van der Waals surface area contributed by atoms with Gasteiger partial charge in [0.15, 0.2) is 5.76 Å². The van der Waals surface area contributed by atoms with E-state index in [2.05, 4.69) is 19.2 Å². The number of halogens is 1. The largest absolute Gasteiger partial charge is 0.451 e. The molecule has 2 aromatic rings. The van der Waals surface area contributed by atoms with E-state index in [0.29, 0.717) is 18.2 Å². The first-order valence-corrected chi connectivity index (χ1v) is 6.59. The van der Waals surface area contributed by atoms with Gasteiger partial charge in [-0.2, -0.15) is 0 Å². The fourth-order valence-corrected chi connectivity index (χ4v) is 2.13. The molecule has 0 spiro atoms. The predicted octanol–water partition coefficient (Wildman–Crippen LogP) is 2.96. The summed E-state index contributed by atoms with van der Waals surface area (Å²) in [6.07, 6.45) is 0.864. The highest BCUT2D eigenvalue weighted by Crippen LogP contribution is 2.18. The van der Waals surface area contributed by atoms with Gasteiger partial charge in [0, 0.05) is 18.0 Å². The zero-order valence-corrected chi connectivity index (χ0v) is 12.6. The van der Waals surface area contributed by atoms with Crippen LogP contribution in [0.5, 0.6) is 0 Å². The van der Waals surface area contributed by atoms with Crippen molar-refractivity contribution in [3.05, 3.63) is 36.1 Å². The summed E-state index contributed by atoms with van der Waals surface area (Å²) in [7, 11) is 0. The Balaban J connectivity index is 0.00000200. The fraction of sp³-hybridized carbons (Fsp3) is 0.400. The summed E-state index contributed by atoms with van der Waals surface area (Å²) in [4.78, 5) is 12.1. The van der Waals surface area contributed by atoms with E-state index in [1.807, 2.05) is 24.3 Å². The van der Waals surface area contributed by atoms with Crippen LogP contribution in [0.1, 0.15) is 30.8 Å². The minimum Gasteiger partial charge on any atom is -0.451 e. The van der Waals surface area contributed by atoms with Crippen LogP contribution in [0.4, 0.5) is 0 Å². The highest BCUT2D eigenvalue weighted by molar-refractivity contribution is 5.96. The maximum absolute atomic E-state index is 12.1. The lowest BCUT2D eigenvalue weighted by Gasteiger charge is -2.17. The maximum Gasteiger partial charge on any atom is 0.287 e. The molecule has 3 N–H and O–H groups in total. The van der Waals surface area contributed by atoms with E-state index in [1.54, 1.807) is 6.07 Å². The number of hydrogen-bond acceptors (Lipinski definition) is 3. The van der Waals surface area contributed by atoms with Gasteiger partial charge in [-0.05, 0) is 24.5 Å². The summed E-state index contributed by atoms with van der Waals surface area (Å²) in [5, 5.41) is 3.85. The fourth-order valence-electron chi connectivity index (χ4n) is 2.13. The highest BCUT2D eigenvalue weighted by atomic mass is 35.5. The zero-order chi connectivity index (χ0) is 13.8. The van der Waals surface area contributed by atoms with Crippen LogP contribution < -0.4 is 11.1 Å². The molecule has 5 heteroatoms. The molecule has 1 atom stereocenters. The van der Waals surface area contributed by atoms with Crippen LogP contribution in [0, 0.1) is 5.92 Å². The van der Waals surface area contributed by atoms with E-state index in [-0.39, 0.29) is 24.4 Å². The van der Waals surface area contributed by atoms with Gasteiger partial charge in [0.1, 0.15) is 5.58 Å². The van der Waals surface area contributed by atoms with Crippen LogP contribution in [-0.4, -0.2) is 18.5 Å². The van der Waals surface area contributed by atoms with E-state index in [9.17, 15) is 4.79 Å². The van der Waals surface area contributed by atoms with Crippen LogP contribution in [0.25, 0.3) is 11.0 Å². The predicted molar refractivity (Wildman–Crippen MR) is 83.2 cm³/mol. The molecule has 0 bridgehead atoms. The molecular formula is C15H21ClN2O2. The normalized spacial score (nSPS) is 12.2. The van der Waals surface area contributed by atoms with Crippen molar-refractivity contribution in [2.45, 2.75) is 26.3 Å². The Labute approximate surface area is 125 Å².